The van der Waals surface area contributed by atoms with E-state index >= 15 is 0 Å². The SMILES string of the molecule is CCC(NC)c1ccccc1N(Cc1ccco1)C1CC1. The molecule has 0 radical (unpaired) electrons. The Bertz CT molecular complexity index is 556. The minimum absolute atomic E-state index is 0.402. The van der Waals surface area contributed by atoms with Gasteiger partial charge < -0.3 is 14.6 Å². The van der Waals surface area contributed by atoms with Gasteiger partial charge in [0.05, 0.1) is 12.8 Å². The van der Waals surface area contributed by atoms with E-state index in [2.05, 4.69) is 47.5 Å². The van der Waals surface area contributed by atoms with Crippen molar-refractivity contribution in [1.82, 2.24) is 5.32 Å². The maximum atomic E-state index is 5.56. The number of hydrogen-bond acceptors (Lipinski definition) is 3. The van der Waals surface area contributed by atoms with Crippen LogP contribution in [0.3, 0.4) is 0 Å². The number of benzene rings is 1. The highest BCUT2D eigenvalue weighted by Crippen LogP contribution is 2.37. The number of rotatable bonds is 7. The van der Waals surface area contributed by atoms with Gasteiger partial charge in [-0.25, -0.2) is 0 Å². The highest BCUT2D eigenvalue weighted by Gasteiger charge is 2.31. The second kappa shape index (κ2) is 6.35. The van der Waals surface area contributed by atoms with Crippen LogP contribution in [0.1, 0.15) is 43.6 Å². The molecule has 0 saturated heterocycles. The van der Waals surface area contributed by atoms with Gasteiger partial charge in [0.1, 0.15) is 5.76 Å². The zero-order valence-electron chi connectivity index (χ0n) is 12.9. The van der Waals surface area contributed by atoms with Crippen LogP contribution in [0.4, 0.5) is 5.69 Å². The first-order chi connectivity index (χ1) is 10.3. The zero-order chi connectivity index (χ0) is 14.7. The monoisotopic (exact) mass is 284 g/mol. The van der Waals surface area contributed by atoms with E-state index in [4.69, 9.17) is 4.42 Å². The van der Waals surface area contributed by atoms with E-state index in [1.165, 1.54) is 24.1 Å². The molecular weight excluding hydrogens is 260 g/mol. The van der Waals surface area contributed by atoms with Crippen molar-refractivity contribution in [2.75, 3.05) is 11.9 Å². The van der Waals surface area contributed by atoms with Crippen LogP contribution in [-0.4, -0.2) is 13.1 Å². The van der Waals surface area contributed by atoms with Gasteiger partial charge in [0.25, 0.3) is 0 Å². The quantitative estimate of drug-likeness (QED) is 0.829. The number of furan rings is 1. The third kappa shape index (κ3) is 3.13. The standard InChI is InChI=1S/C18H24N2O/c1-3-17(19-2)16-8-4-5-9-18(16)20(14-10-11-14)13-15-7-6-12-21-15/h4-9,12,14,17,19H,3,10-11,13H2,1-2H3. The summed E-state index contributed by atoms with van der Waals surface area (Å²) >= 11 is 0. The van der Waals surface area contributed by atoms with Crippen molar-refractivity contribution in [3.63, 3.8) is 0 Å². The van der Waals surface area contributed by atoms with Gasteiger partial charge in [-0.1, -0.05) is 25.1 Å². The summed E-state index contributed by atoms with van der Waals surface area (Å²) in [5.74, 6) is 1.04. The van der Waals surface area contributed by atoms with Crippen LogP contribution in [0.5, 0.6) is 0 Å². The van der Waals surface area contributed by atoms with E-state index in [9.17, 15) is 0 Å². The van der Waals surface area contributed by atoms with Crippen LogP contribution in [0, 0.1) is 0 Å². The third-order valence-corrected chi connectivity index (χ3v) is 4.27. The molecule has 0 amide bonds. The minimum Gasteiger partial charge on any atom is -0.467 e. The fourth-order valence-electron chi connectivity index (χ4n) is 2.99. The Morgan fingerprint density at radius 1 is 1.24 bits per heavy atom. The number of nitrogens with zero attached hydrogens (tertiary/aromatic N) is 1. The summed E-state index contributed by atoms with van der Waals surface area (Å²) in [7, 11) is 2.04. The topological polar surface area (TPSA) is 28.4 Å². The number of anilines is 1. The smallest absolute Gasteiger partial charge is 0.123 e. The lowest BCUT2D eigenvalue weighted by atomic mass is 10.0. The predicted molar refractivity (Wildman–Crippen MR) is 86.4 cm³/mol. The van der Waals surface area contributed by atoms with Crippen LogP contribution in [0.25, 0.3) is 0 Å². The Labute approximate surface area is 127 Å². The van der Waals surface area contributed by atoms with Gasteiger partial charge in [0.15, 0.2) is 0 Å². The molecule has 1 aromatic heterocycles. The lowest BCUT2D eigenvalue weighted by molar-refractivity contribution is 0.499. The van der Waals surface area contributed by atoms with Crippen molar-refractivity contribution in [2.24, 2.45) is 0 Å². The van der Waals surface area contributed by atoms with Crippen LogP contribution >= 0.6 is 0 Å². The molecule has 0 aliphatic heterocycles. The lowest BCUT2D eigenvalue weighted by Gasteiger charge is -2.29. The fourth-order valence-corrected chi connectivity index (χ4v) is 2.99. The summed E-state index contributed by atoms with van der Waals surface area (Å²) < 4.78 is 5.56. The summed E-state index contributed by atoms with van der Waals surface area (Å²) in [5, 5.41) is 3.43. The molecule has 112 valence electrons. The van der Waals surface area contributed by atoms with Crippen molar-refractivity contribution in [1.29, 1.82) is 0 Å². The molecule has 1 aliphatic carbocycles. The molecule has 3 heteroatoms. The van der Waals surface area contributed by atoms with E-state index < -0.39 is 0 Å². The van der Waals surface area contributed by atoms with Gasteiger partial charge in [0, 0.05) is 17.8 Å². The maximum absolute atomic E-state index is 5.56. The number of nitrogens with one attached hydrogen (secondary N) is 1. The average Bonchev–Trinajstić information content (AvgIpc) is 3.23. The molecular formula is C18H24N2O. The minimum atomic E-state index is 0.402. The summed E-state index contributed by atoms with van der Waals surface area (Å²) in [4.78, 5) is 2.51. The fraction of sp³-hybridized carbons (Fsp3) is 0.444. The van der Waals surface area contributed by atoms with Crippen molar-refractivity contribution < 1.29 is 4.42 Å². The normalized spacial score (nSPS) is 15.9. The van der Waals surface area contributed by atoms with Gasteiger partial charge in [-0.15, -0.1) is 0 Å². The largest absolute Gasteiger partial charge is 0.467 e. The van der Waals surface area contributed by atoms with Crippen LogP contribution in [-0.2, 0) is 6.54 Å². The molecule has 1 fully saturated rings. The summed E-state index contributed by atoms with van der Waals surface area (Å²) in [6.07, 6.45) is 5.41. The van der Waals surface area contributed by atoms with Crippen molar-refractivity contribution in [3.05, 3.63) is 54.0 Å². The Hall–Kier alpha value is -1.74. The van der Waals surface area contributed by atoms with Gasteiger partial charge in [0.2, 0.25) is 0 Å². The molecule has 1 aromatic carbocycles. The summed E-state index contributed by atoms with van der Waals surface area (Å²) in [5.41, 5.74) is 2.73. The first-order valence-electron chi connectivity index (χ1n) is 7.88. The van der Waals surface area contributed by atoms with Crippen molar-refractivity contribution in [2.45, 2.75) is 44.8 Å². The Balaban J connectivity index is 1.92. The van der Waals surface area contributed by atoms with E-state index in [-0.39, 0.29) is 0 Å². The zero-order valence-corrected chi connectivity index (χ0v) is 12.9. The molecule has 2 aromatic rings. The van der Waals surface area contributed by atoms with Crippen LogP contribution < -0.4 is 10.2 Å². The Kier molecular flexibility index (Phi) is 4.30. The molecule has 3 nitrogen and oxygen atoms in total. The van der Waals surface area contributed by atoms with Gasteiger partial charge in [-0.3, -0.25) is 0 Å². The van der Waals surface area contributed by atoms with Gasteiger partial charge in [-0.2, -0.15) is 0 Å². The molecule has 0 bridgehead atoms. The molecule has 1 unspecified atom stereocenters. The Morgan fingerprint density at radius 3 is 2.67 bits per heavy atom. The van der Waals surface area contributed by atoms with Crippen LogP contribution in [0.15, 0.2) is 47.1 Å². The van der Waals surface area contributed by atoms with E-state index in [0.29, 0.717) is 12.1 Å². The van der Waals surface area contributed by atoms with Crippen LogP contribution in [0.2, 0.25) is 0 Å². The third-order valence-electron chi connectivity index (χ3n) is 4.27. The van der Waals surface area contributed by atoms with Gasteiger partial charge in [-0.05, 0) is 50.1 Å². The number of hydrogen-bond donors (Lipinski definition) is 1. The van der Waals surface area contributed by atoms with Crippen molar-refractivity contribution >= 4 is 5.69 Å². The molecule has 1 heterocycles. The van der Waals surface area contributed by atoms with E-state index in [1.807, 2.05) is 13.1 Å². The molecule has 1 saturated carbocycles. The molecule has 0 spiro atoms. The molecule has 1 atom stereocenters. The highest BCUT2D eigenvalue weighted by atomic mass is 16.3. The number of para-hydroxylation sites is 1. The van der Waals surface area contributed by atoms with E-state index in [1.54, 1.807) is 6.26 Å². The second-order valence-electron chi connectivity index (χ2n) is 5.75. The maximum Gasteiger partial charge on any atom is 0.123 e. The molecule has 21 heavy (non-hydrogen) atoms. The van der Waals surface area contributed by atoms with Crippen molar-refractivity contribution in [3.8, 4) is 0 Å². The average molecular weight is 284 g/mol. The summed E-state index contributed by atoms with van der Waals surface area (Å²) in [6, 6.07) is 13.9. The lowest BCUT2D eigenvalue weighted by Crippen LogP contribution is -2.28. The highest BCUT2D eigenvalue weighted by molar-refractivity contribution is 5.56. The molecule has 3 rings (SSSR count). The Morgan fingerprint density at radius 2 is 2.05 bits per heavy atom. The summed E-state index contributed by atoms with van der Waals surface area (Å²) in [6.45, 7) is 3.08. The molecule has 1 N–H and O–H groups in total. The predicted octanol–water partition coefficient (Wildman–Crippen LogP) is 4.12. The second-order valence-corrected chi connectivity index (χ2v) is 5.75. The first kappa shape index (κ1) is 14.2. The molecule has 1 aliphatic rings. The van der Waals surface area contributed by atoms with Gasteiger partial charge >= 0.3 is 0 Å². The first-order valence-corrected chi connectivity index (χ1v) is 7.88. The van der Waals surface area contributed by atoms with E-state index in [0.717, 1.165) is 18.7 Å².